The fourth-order valence-electron chi connectivity index (χ4n) is 1.56. The smallest absolute Gasteiger partial charge is 0.273 e. The van der Waals surface area contributed by atoms with Gasteiger partial charge in [0.15, 0.2) is 11.5 Å². The van der Waals surface area contributed by atoms with Gasteiger partial charge >= 0.3 is 0 Å². The van der Waals surface area contributed by atoms with E-state index in [1.165, 1.54) is 11.3 Å². The summed E-state index contributed by atoms with van der Waals surface area (Å²) < 4.78 is 5.13. The number of aromatic nitrogens is 1. The topological polar surface area (TPSA) is 75.4 Å². The highest BCUT2D eigenvalue weighted by atomic mass is 32.1. The second-order valence-corrected chi connectivity index (χ2v) is 5.11. The Kier molecular flexibility index (Phi) is 4.70. The highest BCUT2D eigenvalue weighted by molar-refractivity contribution is 7.13. The van der Waals surface area contributed by atoms with Crippen molar-refractivity contribution in [3.05, 3.63) is 29.3 Å². The maximum atomic E-state index is 11.8. The first-order valence-electron chi connectivity index (χ1n) is 6.17. The first-order chi connectivity index (χ1) is 9.20. The summed E-state index contributed by atoms with van der Waals surface area (Å²) in [7, 11) is 0. The van der Waals surface area contributed by atoms with Gasteiger partial charge in [-0.3, -0.25) is 4.79 Å². The van der Waals surface area contributed by atoms with E-state index in [0.29, 0.717) is 25.1 Å². The molecule has 0 spiro atoms. The van der Waals surface area contributed by atoms with E-state index in [1.54, 1.807) is 6.07 Å². The second kappa shape index (κ2) is 6.49. The Morgan fingerprint density at radius 3 is 3.16 bits per heavy atom. The van der Waals surface area contributed by atoms with E-state index < -0.39 is 0 Å². The van der Waals surface area contributed by atoms with Gasteiger partial charge in [-0.1, -0.05) is 18.1 Å². The number of nitrogens with one attached hydrogen (secondary N) is 1. The van der Waals surface area contributed by atoms with Crippen molar-refractivity contribution in [1.29, 1.82) is 0 Å². The van der Waals surface area contributed by atoms with Crippen LogP contribution in [0.15, 0.2) is 28.1 Å². The Labute approximate surface area is 115 Å². The molecular weight excluding hydrogens is 264 g/mol. The van der Waals surface area contributed by atoms with E-state index in [2.05, 4.69) is 10.5 Å². The van der Waals surface area contributed by atoms with Gasteiger partial charge in [-0.25, -0.2) is 0 Å². The fraction of sp³-hybridized carbons (Fsp3) is 0.385. The molecule has 0 bridgehead atoms. The maximum absolute atomic E-state index is 11.8. The highest BCUT2D eigenvalue weighted by Crippen LogP contribution is 2.24. The van der Waals surface area contributed by atoms with E-state index in [9.17, 15) is 9.90 Å². The first kappa shape index (κ1) is 13.8. The van der Waals surface area contributed by atoms with Gasteiger partial charge in [-0.15, -0.1) is 11.3 Å². The normalized spacial score (nSPS) is 12.3. The summed E-state index contributed by atoms with van der Waals surface area (Å²) in [6.45, 7) is 2.33. The summed E-state index contributed by atoms with van der Waals surface area (Å²) in [5.41, 5.74) is 0.259. The molecule has 1 amide bonds. The number of amides is 1. The highest BCUT2D eigenvalue weighted by Gasteiger charge is 2.14. The Morgan fingerprint density at radius 1 is 1.63 bits per heavy atom. The molecular formula is C13H16N2O3S. The fourth-order valence-corrected chi connectivity index (χ4v) is 2.24. The van der Waals surface area contributed by atoms with E-state index in [1.807, 2.05) is 24.4 Å². The molecule has 2 rings (SSSR count). The number of nitrogens with zero attached hydrogens (tertiary/aromatic N) is 1. The molecule has 0 saturated heterocycles. The number of aliphatic hydroxyl groups excluding tert-OH is 1. The Hall–Kier alpha value is -1.66. The molecule has 0 fully saturated rings. The largest absolute Gasteiger partial charge is 0.393 e. The molecule has 1 unspecified atom stereocenters. The van der Waals surface area contributed by atoms with Crippen molar-refractivity contribution in [1.82, 2.24) is 10.5 Å². The van der Waals surface area contributed by atoms with E-state index in [4.69, 9.17) is 4.52 Å². The molecule has 2 aromatic heterocycles. The maximum Gasteiger partial charge on any atom is 0.273 e. The van der Waals surface area contributed by atoms with E-state index in [0.717, 1.165) is 4.88 Å². The van der Waals surface area contributed by atoms with Crippen LogP contribution >= 0.6 is 11.3 Å². The molecule has 1 atom stereocenters. The lowest BCUT2D eigenvalue weighted by molar-refractivity contribution is 0.0933. The molecule has 0 aliphatic rings. The summed E-state index contributed by atoms with van der Waals surface area (Å²) in [6, 6.07) is 5.44. The van der Waals surface area contributed by atoms with Crippen LogP contribution in [-0.4, -0.2) is 28.8 Å². The predicted octanol–water partition coefficient (Wildman–Crippen LogP) is 2.29. The molecule has 6 heteroatoms. The quantitative estimate of drug-likeness (QED) is 0.851. The SMILES string of the molecule is CCC(O)CCNC(=O)c1cc(-c2cccs2)on1. The molecule has 0 radical (unpaired) electrons. The first-order valence-corrected chi connectivity index (χ1v) is 7.05. The number of hydrogen-bond acceptors (Lipinski definition) is 5. The predicted molar refractivity (Wildman–Crippen MR) is 73.1 cm³/mol. The van der Waals surface area contributed by atoms with Crippen LogP contribution in [0.1, 0.15) is 30.3 Å². The summed E-state index contributed by atoms with van der Waals surface area (Å²) in [5, 5.41) is 17.8. The lowest BCUT2D eigenvalue weighted by Gasteiger charge is -2.07. The minimum Gasteiger partial charge on any atom is -0.393 e. The standard InChI is InChI=1S/C13H16N2O3S/c1-2-9(16)5-6-14-13(17)10-8-11(18-15-10)12-4-3-7-19-12/h3-4,7-9,16H,2,5-6H2,1H3,(H,14,17). The number of carbonyl (C=O) groups excluding carboxylic acids is 1. The molecule has 0 saturated carbocycles. The van der Waals surface area contributed by atoms with Gasteiger partial charge in [0.05, 0.1) is 11.0 Å². The van der Waals surface area contributed by atoms with Crippen molar-refractivity contribution in [2.45, 2.75) is 25.9 Å². The van der Waals surface area contributed by atoms with Crippen molar-refractivity contribution in [3.63, 3.8) is 0 Å². The molecule has 2 aromatic rings. The molecule has 2 heterocycles. The van der Waals surface area contributed by atoms with Crippen LogP contribution in [0.5, 0.6) is 0 Å². The molecule has 2 N–H and O–H groups in total. The van der Waals surface area contributed by atoms with Crippen LogP contribution in [0, 0.1) is 0 Å². The summed E-state index contributed by atoms with van der Waals surface area (Å²) >= 11 is 1.53. The minimum absolute atomic E-state index is 0.259. The van der Waals surface area contributed by atoms with Crippen LogP contribution in [0.4, 0.5) is 0 Å². The van der Waals surface area contributed by atoms with Crippen LogP contribution in [-0.2, 0) is 0 Å². The van der Waals surface area contributed by atoms with Crippen molar-refractivity contribution in [2.24, 2.45) is 0 Å². The van der Waals surface area contributed by atoms with Gasteiger partial charge < -0.3 is 14.9 Å². The lowest BCUT2D eigenvalue weighted by atomic mass is 10.2. The van der Waals surface area contributed by atoms with Gasteiger partial charge in [0, 0.05) is 12.6 Å². The molecule has 19 heavy (non-hydrogen) atoms. The Bertz CT molecular complexity index is 522. The summed E-state index contributed by atoms with van der Waals surface area (Å²) in [6.07, 6.45) is 0.847. The zero-order valence-electron chi connectivity index (χ0n) is 10.6. The third-order valence-corrected chi connectivity index (χ3v) is 3.63. The lowest BCUT2D eigenvalue weighted by Crippen LogP contribution is -2.27. The average Bonchev–Trinajstić information content (AvgIpc) is 3.08. The van der Waals surface area contributed by atoms with Gasteiger partial charge in [0.1, 0.15) is 0 Å². The van der Waals surface area contributed by atoms with Crippen molar-refractivity contribution < 1.29 is 14.4 Å². The van der Waals surface area contributed by atoms with Crippen molar-refractivity contribution in [3.8, 4) is 10.6 Å². The van der Waals surface area contributed by atoms with E-state index in [-0.39, 0.29) is 17.7 Å². The molecule has 5 nitrogen and oxygen atoms in total. The summed E-state index contributed by atoms with van der Waals surface area (Å²) in [4.78, 5) is 12.7. The zero-order valence-corrected chi connectivity index (χ0v) is 11.4. The van der Waals surface area contributed by atoms with Crippen LogP contribution in [0.2, 0.25) is 0 Å². The third kappa shape index (κ3) is 3.65. The molecule has 0 aliphatic carbocycles. The number of hydrogen-bond donors (Lipinski definition) is 2. The van der Waals surface area contributed by atoms with Gasteiger partial charge in [0.25, 0.3) is 5.91 Å². The number of thiophene rings is 1. The number of rotatable bonds is 6. The number of aliphatic hydroxyl groups is 1. The van der Waals surface area contributed by atoms with Gasteiger partial charge in [0.2, 0.25) is 0 Å². The monoisotopic (exact) mass is 280 g/mol. The zero-order chi connectivity index (χ0) is 13.7. The summed E-state index contributed by atoms with van der Waals surface area (Å²) in [5.74, 6) is 0.309. The Morgan fingerprint density at radius 2 is 2.47 bits per heavy atom. The molecule has 0 aromatic carbocycles. The minimum atomic E-state index is -0.376. The average molecular weight is 280 g/mol. The van der Waals surface area contributed by atoms with Crippen molar-refractivity contribution >= 4 is 17.2 Å². The Balaban J connectivity index is 1.90. The van der Waals surface area contributed by atoms with Gasteiger partial charge in [-0.05, 0) is 24.3 Å². The van der Waals surface area contributed by atoms with Crippen molar-refractivity contribution in [2.75, 3.05) is 6.54 Å². The number of carbonyl (C=O) groups is 1. The van der Waals surface area contributed by atoms with Crippen LogP contribution < -0.4 is 5.32 Å². The molecule has 0 aliphatic heterocycles. The van der Waals surface area contributed by atoms with Crippen LogP contribution in [0.3, 0.4) is 0 Å². The van der Waals surface area contributed by atoms with Crippen LogP contribution in [0.25, 0.3) is 10.6 Å². The third-order valence-electron chi connectivity index (χ3n) is 2.74. The van der Waals surface area contributed by atoms with Gasteiger partial charge in [-0.2, -0.15) is 0 Å². The van der Waals surface area contributed by atoms with E-state index >= 15 is 0 Å². The molecule has 102 valence electrons. The second-order valence-electron chi connectivity index (χ2n) is 4.16.